The molecule has 0 unspecified atom stereocenters. The molecule has 0 saturated carbocycles. The molecule has 1 aromatic carbocycles. The van der Waals surface area contributed by atoms with Gasteiger partial charge in [-0.1, -0.05) is 11.8 Å². The molecule has 0 amide bonds. The van der Waals surface area contributed by atoms with Crippen LogP contribution in [0.2, 0.25) is 0 Å². The molecule has 2 nitrogen and oxygen atoms in total. The van der Waals surface area contributed by atoms with Crippen LogP contribution in [0.15, 0.2) is 18.2 Å². The third-order valence-electron chi connectivity index (χ3n) is 1.53. The van der Waals surface area contributed by atoms with Gasteiger partial charge in [-0.3, -0.25) is 4.79 Å². The third-order valence-corrected chi connectivity index (χ3v) is 1.53. The van der Waals surface area contributed by atoms with Crippen LogP contribution in [0.5, 0.6) is 0 Å². The highest BCUT2D eigenvalue weighted by atomic mass is 19.1. The van der Waals surface area contributed by atoms with E-state index in [1.807, 2.05) is 6.07 Å². The van der Waals surface area contributed by atoms with Crippen molar-refractivity contribution in [2.45, 2.75) is 6.42 Å². The second kappa shape index (κ2) is 4.79. The van der Waals surface area contributed by atoms with Crippen LogP contribution in [0.3, 0.4) is 0 Å². The van der Waals surface area contributed by atoms with Crippen LogP contribution >= 0.6 is 0 Å². The summed E-state index contributed by atoms with van der Waals surface area (Å²) in [6.07, 6.45) is 0.634. The normalized spacial score (nSPS) is 8.29. The second-order valence-electron chi connectivity index (χ2n) is 2.49. The van der Waals surface area contributed by atoms with Crippen molar-refractivity contribution in [2.24, 2.45) is 0 Å². The molecule has 1 aromatic rings. The fourth-order valence-corrected chi connectivity index (χ4v) is 0.924. The van der Waals surface area contributed by atoms with Gasteiger partial charge < -0.3 is 0 Å². The molecule has 0 spiro atoms. The minimum atomic E-state index is -0.474. The van der Waals surface area contributed by atoms with Gasteiger partial charge in [0.2, 0.25) is 0 Å². The number of halogens is 1. The molecule has 0 heterocycles. The van der Waals surface area contributed by atoms with Crippen molar-refractivity contribution >= 4 is 6.29 Å². The van der Waals surface area contributed by atoms with Crippen LogP contribution in [-0.2, 0) is 0 Å². The van der Waals surface area contributed by atoms with Gasteiger partial charge in [-0.05, 0) is 18.2 Å². The van der Waals surface area contributed by atoms with E-state index in [2.05, 4.69) is 11.8 Å². The van der Waals surface area contributed by atoms with Crippen molar-refractivity contribution in [1.82, 2.24) is 0 Å². The second-order valence-corrected chi connectivity index (χ2v) is 2.49. The summed E-state index contributed by atoms with van der Waals surface area (Å²) in [7, 11) is 0. The van der Waals surface area contributed by atoms with E-state index >= 15 is 0 Å². The van der Waals surface area contributed by atoms with Crippen molar-refractivity contribution in [2.75, 3.05) is 0 Å². The first-order valence-corrected chi connectivity index (χ1v) is 3.88. The zero-order valence-electron chi connectivity index (χ0n) is 7.25. The Morgan fingerprint density at radius 1 is 1.50 bits per heavy atom. The zero-order chi connectivity index (χ0) is 10.4. The first kappa shape index (κ1) is 9.95. The number of nitriles is 1. The summed E-state index contributed by atoms with van der Waals surface area (Å²) in [4.78, 5) is 10.5. The average Bonchev–Trinajstić information content (AvgIpc) is 2.20. The standard InChI is InChI=1S/C11H6FNO/c12-11-5-4-9(3-1-2-6-13)10(7-11)8-14/h4-5,7-8H,2H2. The molecule has 0 aromatic heterocycles. The largest absolute Gasteiger partial charge is 0.298 e. The minimum Gasteiger partial charge on any atom is -0.298 e. The topological polar surface area (TPSA) is 40.9 Å². The average molecular weight is 187 g/mol. The molecule has 0 saturated heterocycles. The highest BCUT2D eigenvalue weighted by Gasteiger charge is 1.99. The van der Waals surface area contributed by atoms with Crippen LogP contribution in [0.4, 0.5) is 4.39 Å². The molecular formula is C11H6FNO. The van der Waals surface area contributed by atoms with Crippen molar-refractivity contribution in [3.63, 3.8) is 0 Å². The summed E-state index contributed by atoms with van der Waals surface area (Å²) in [5.74, 6) is 4.70. The van der Waals surface area contributed by atoms with Crippen molar-refractivity contribution in [1.29, 1.82) is 5.26 Å². The Balaban J connectivity index is 3.05. The van der Waals surface area contributed by atoms with Gasteiger partial charge in [0.15, 0.2) is 6.29 Å². The number of nitrogens with zero attached hydrogens (tertiary/aromatic N) is 1. The van der Waals surface area contributed by atoms with E-state index in [9.17, 15) is 9.18 Å². The Kier molecular flexibility index (Phi) is 3.41. The van der Waals surface area contributed by atoms with Crippen LogP contribution < -0.4 is 0 Å². The van der Waals surface area contributed by atoms with Gasteiger partial charge in [-0.25, -0.2) is 4.39 Å². The molecule has 0 aliphatic carbocycles. The van der Waals surface area contributed by atoms with Crippen molar-refractivity contribution in [3.05, 3.63) is 35.1 Å². The number of carbonyl (C=O) groups is 1. The first-order valence-electron chi connectivity index (χ1n) is 3.88. The molecule has 0 bridgehead atoms. The lowest BCUT2D eigenvalue weighted by atomic mass is 10.1. The van der Waals surface area contributed by atoms with E-state index in [4.69, 9.17) is 5.26 Å². The number of carbonyl (C=O) groups excluding carboxylic acids is 1. The maximum absolute atomic E-state index is 12.7. The predicted molar refractivity (Wildman–Crippen MR) is 48.9 cm³/mol. The number of benzene rings is 1. The quantitative estimate of drug-likeness (QED) is 0.497. The molecule has 0 fully saturated rings. The molecular weight excluding hydrogens is 181 g/mol. The Hall–Kier alpha value is -2.13. The lowest BCUT2D eigenvalue weighted by Gasteiger charge is -1.95. The Bertz CT molecular complexity index is 449. The van der Waals surface area contributed by atoms with Gasteiger partial charge in [0, 0.05) is 11.1 Å². The van der Waals surface area contributed by atoms with E-state index in [0.29, 0.717) is 11.8 Å². The molecule has 0 atom stereocenters. The molecule has 0 radical (unpaired) electrons. The molecule has 1 rings (SSSR count). The Morgan fingerprint density at radius 3 is 2.93 bits per heavy atom. The molecule has 0 aliphatic rings. The maximum atomic E-state index is 12.7. The highest BCUT2D eigenvalue weighted by molar-refractivity contribution is 5.79. The molecule has 0 N–H and O–H groups in total. The van der Waals surface area contributed by atoms with Crippen LogP contribution in [0.25, 0.3) is 0 Å². The number of rotatable bonds is 1. The van der Waals surface area contributed by atoms with Crippen LogP contribution in [-0.4, -0.2) is 6.29 Å². The fourth-order valence-electron chi connectivity index (χ4n) is 0.924. The van der Waals surface area contributed by atoms with E-state index in [0.717, 1.165) is 6.07 Å². The van der Waals surface area contributed by atoms with Crippen LogP contribution in [0.1, 0.15) is 22.3 Å². The number of hydrogen-bond donors (Lipinski definition) is 0. The summed E-state index contributed by atoms with van der Waals surface area (Å²) in [5, 5.41) is 8.23. The lowest BCUT2D eigenvalue weighted by molar-refractivity contribution is 0.112. The lowest BCUT2D eigenvalue weighted by Crippen LogP contribution is -1.88. The van der Waals surface area contributed by atoms with E-state index in [1.165, 1.54) is 12.1 Å². The smallest absolute Gasteiger partial charge is 0.151 e. The van der Waals surface area contributed by atoms with Crippen LogP contribution in [0, 0.1) is 29.0 Å². The summed E-state index contributed by atoms with van der Waals surface area (Å²) < 4.78 is 12.7. The Morgan fingerprint density at radius 2 is 2.29 bits per heavy atom. The summed E-state index contributed by atoms with van der Waals surface area (Å²) in [5.41, 5.74) is 0.645. The minimum absolute atomic E-state index is 0.0929. The Labute approximate surface area is 81.0 Å². The van der Waals surface area contributed by atoms with E-state index < -0.39 is 5.82 Å². The van der Waals surface area contributed by atoms with Gasteiger partial charge in [0.1, 0.15) is 5.82 Å². The fraction of sp³-hybridized carbons (Fsp3) is 0.0909. The summed E-state index contributed by atoms with van der Waals surface area (Å²) in [6, 6.07) is 5.61. The van der Waals surface area contributed by atoms with Crippen molar-refractivity contribution in [3.8, 4) is 17.9 Å². The van der Waals surface area contributed by atoms with Gasteiger partial charge in [-0.2, -0.15) is 5.26 Å². The highest BCUT2D eigenvalue weighted by Crippen LogP contribution is 2.07. The summed E-state index contributed by atoms with van der Waals surface area (Å²) in [6.45, 7) is 0. The SMILES string of the molecule is N#CCC#Cc1ccc(F)cc1C=O. The van der Waals surface area contributed by atoms with E-state index in [-0.39, 0.29) is 12.0 Å². The molecule has 3 heteroatoms. The van der Waals surface area contributed by atoms with E-state index in [1.54, 1.807) is 0 Å². The molecule has 68 valence electrons. The monoisotopic (exact) mass is 187 g/mol. The third kappa shape index (κ3) is 2.43. The molecule has 14 heavy (non-hydrogen) atoms. The van der Waals surface area contributed by atoms with Gasteiger partial charge in [0.25, 0.3) is 0 Å². The molecule has 0 aliphatic heterocycles. The van der Waals surface area contributed by atoms with Crippen molar-refractivity contribution < 1.29 is 9.18 Å². The van der Waals surface area contributed by atoms with Gasteiger partial charge in [-0.15, -0.1) is 0 Å². The summed E-state index contributed by atoms with van der Waals surface area (Å²) >= 11 is 0. The first-order chi connectivity index (χ1) is 6.77. The maximum Gasteiger partial charge on any atom is 0.151 e. The number of aldehydes is 1. The zero-order valence-corrected chi connectivity index (χ0v) is 7.25. The number of hydrogen-bond acceptors (Lipinski definition) is 2. The predicted octanol–water partition coefficient (Wildman–Crippen LogP) is 1.90. The van der Waals surface area contributed by atoms with Gasteiger partial charge in [0.05, 0.1) is 12.5 Å². The van der Waals surface area contributed by atoms with Gasteiger partial charge >= 0.3 is 0 Å².